The average Bonchev–Trinajstić information content (AvgIpc) is 3.16. The highest BCUT2D eigenvalue weighted by Gasteiger charge is 2.13. The van der Waals surface area contributed by atoms with E-state index >= 15 is 0 Å². The number of carboxylic acid groups (broad SMARTS) is 1. The average molecular weight is 440 g/mol. The van der Waals surface area contributed by atoms with Crippen molar-refractivity contribution in [1.82, 2.24) is 4.98 Å². The highest BCUT2D eigenvalue weighted by atomic mass is 16.5. The number of aromatic carboxylic acids is 1. The van der Waals surface area contributed by atoms with Gasteiger partial charge in [0.1, 0.15) is 17.2 Å². The van der Waals surface area contributed by atoms with Gasteiger partial charge < -0.3 is 23.7 Å². The van der Waals surface area contributed by atoms with Crippen molar-refractivity contribution < 1.29 is 28.5 Å². The molecule has 0 spiro atoms. The Labute approximate surface area is 188 Å². The maximum atomic E-state index is 11.4. The Kier molecular flexibility index (Phi) is 8.41. The van der Waals surface area contributed by atoms with Gasteiger partial charge in [0, 0.05) is 18.8 Å². The molecule has 0 bridgehead atoms. The largest absolute Gasteiger partial charge is 0.497 e. The van der Waals surface area contributed by atoms with E-state index in [2.05, 4.69) is 4.98 Å². The van der Waals surface area contributed by atoms with Gasteiger partial charge in [0.25, 0.3) is 0 Å². The second-order valence-electron chi connectivity index (χ2n) is 7.48. The van der Waals surface area contributed by atoms with Crippen molar-refractivity contribution in [2.24, 2.45) is 0 Å². The van der Waals surface area contributed by atoms with E-state index in [1.54, 1.807) is 26.2 Å². The smallest absolute Gasteiger partial charge is 0.336 e. The van der Waals surface area contributed by atoms with E-state index in [0.717, 1.165) is 41.2 Å². The predicted octanol–water partition coefficient (Wildman–Crippen LogP) is 5.18. The topological polar surface area (TPSA) is 91.0 Å². The highest BCUT2D eigenvalue weighted by Crippen LogP contribution is 2.25. The first-order valence-electron chi connectivity index (χ1n) is 10.6. The molecule has 0 amide bonds. The zero-order valence-electron chi connectivity index (χ0n) is 18.7. The second-order valence-corrected chi connectivity index (χ2v) is 7.48. The number of hydrogen-bond donors (Lipinski definition) is 1. The fourth-order valence-electron chi connectivity index (χ4n) is 3.36. The number of oxazole rings is 1. The number of ether oxygens (including phenoxy) is 3. The number of carboxylic acids is 1. The Morgan fingerprint density at radius 3 is 2.47 bits per heavy atom. The highest BCUT2D eigenvalue weighted by molar-refractivity contribution is 5.91. The maximum absolute atomic E-state index is 11.4. The van der Waals surface area contributed by atoms with E-state index in [-0.39, 0.29) is 6.61 Å². The zero-order valence-corrected chi connectivity index (χ0v) is 18.7. The molecule has 0 atom stereocenters. The van der Waals surface area contributed by atoms with Crippen LogP contribution in [0.1, 0.15) is 45.8 Å². The summed E-state index contributed by atoms with van der Waals surface area (Å²) in [6.45, 7) is 5.45. The molecule has 0 unspecified atom stereocenters. The minimum Gasteiger partial charge on any atom is -0.497 e. The molecule has 0 fully saturated rings. The lowest BCUT2D eigenvalue weighted by atomic mass is 10.0. The Morgan fingerprint density at radius 1 is 1.03 bits per heavy atom. The molecule has 0 aliphatic rings. The molecule has 7 nitrogen and oxygen atoms in total. The van der Waals surface area contributed by atoms with Gasteiger partial charge in [-0.3, -0.25) is 0 Å². The number of hydrogen-bond acceptors (Lipinski definition) is 6. The van der Waals surface area contributed by atoms with Gasteiger partial charge in [0.05, 0.1) is 25.9 Å². The standard InChI is InChI=1S/C25H29NO6/c1-17-8-6-10-20(23(17)25(27)28)15-30-12-4-5-13-31-16-22-18(2)32-24(26-22)19-9-7-11-21(14-19)29-3/h6-11,14H,4-5,12-13,15-16H2,1-3H3,(H,27,28). The van der Waals surface area contributed by atoms with Gasteiger partial charge in [-0.1, -0.05) is 24.3 Å². The minimum atomic E-state index is -0.923. The first kappa shape index (κ1) is 23.5. The third-order valence-electron chi connectivity index (χ3n) is 5.11. The van der Waals surface area contributed by atoms with E-state index in [9.17, 15) is 9.90 Å². The summed E-state index contributed by atoms with van der Waals surface area (Å²) in [7, 11) is 1.63. The number of benzene rings is 2. The fourth-order valence-corrected chi connectivity index (χ4v) is 3.36. The van der Waals surface area contributed by atoms with Crippen molar-refractivity contribution in [2.75, 3.05) is 20.3 Å². The summed E-state index contributed by atoms with van der Waals surface area (Å²) in [4.78, 5) is 16.0. The van der Waals surface area contributed by atoms with Gasteiger partial charge in [-0.15, -0.1) is 0 Å². The van der Waals surface area contributed by atoms with E-state index in [4.69, 9.17) is 18.6 Å². The molecule has 0 aliphatic carbocycles. The first-order chi connectivity index (χ1) is 15.5. The molecule has 0 saturated heterocycles. The molecule has 0 radical (unpaired) electrons. The van der Waals surface area contributed by atoms with Crippen LogP contribution in [-0.4, -0.2) is 36.4 Å². The second kappa shape index (κ2) is 11.5. The molecule has 3 rings (SSSR count). The van der Waals surface area contributed by atoms with Crippen LogP contribution in [-0.2, 0) is 22.7 Å². The Bertz CT molecular complexity index is 1040. The molecule has 0 saturated carbocycles. The van der Waals surface area contributed by atoms with Crippen molar-refractivity contribution >= 4 is 5.97 Å². The Morgan fingerprint density at radius 2 is 1.75 bits per heavy atom. The number of rotatable bonds is 12. The van der Waals surface area contributed by atoms with E-state index in [0.29, 0.717) is 36.8 Å². The first-order valence-corrected chi connectivity index (χ1v) is 10.6. The summed E-state index contributed by atoms with van der Waals surface area (Å²) in [5.74, 6) is 1.11. The van der Waals surface area contributed by atoms with Crippen molar-refractivity contribution in [1.29, 1.82) is 0 Å². The number of methoxy groups -OCH3 is 1. The molecule has 2 aromatic carbocycles. The summed E-state index contributed by atoms with van der Waals surface area (Å²) in [6.07, 6.45) is 1.65. The van der Waals surface area contributed by atoms with Crippen molar-refractivity contribution in [3.8, 4) is 17.2 Å². The van der Waals surface area contributed by atoms with Crippen molar-refractivity contribution in [3.05, 3.63) is 70.6 Å². The fraction of sp³-hybridized carbons (Fsp3) is 0.360. The lowest BCUT2D eigenvalue weighted by molar-refractivity contribution is 0.0682. The summed E-state index contributed by atoms with van der Waals surface area (Å²) in [5.41, 5.74) is 3.40. The van der Waals surface area contributed by atoms with Crippen LogP contribution in [0.3, 0.4) is 0 Å². The number of nitrogens with zero attached hydrogens (tertiary/aromatic N) is 1. The molecule has 0 aliphatic heterocycles. The zero-order chi connectivity index (χ0) is 22.9. The van der Waals surface area contributed by atoms with Gasteiger partial charge in [-0.2, -0.15) is 0 Å². The number of aryl methyl sites for hydroxylation is 2. The monoisotopic (exact) mass is 439 g/mol. The SMILES string of the molecule is COc1cccc(-c2nc(COCCCCOCc3cccc(C)c3C(=O)O)c(C)o2)c1. The Balaban J connectivity index is 1.37. The normalized spacial score (nSPS) is 11.0. The third kappa shape index (κ3) is 6.18. The number of carbonyl (C=O) groups is 1. The lowest BCUT2D eigenvalue weighted by Gasteiger charge is -2.09. The van der Waals surface area contributed by atoms with Crippen molar-refractivity contribution in [2.45, 2.75) is 39.9 Å². The number of unbranched alkanes of at least 4 members (excludes halogenated alkanes) is 1. The molecule has 32 heavy (non-hydrogen) atoms. The van der Waals surface area contributed by atoms with Gasteiger partial charge in [0.2, 0.25) is 5.89 Å². The van der Waals surface area contributed by atoms with Crippen LogP contribution in [0.2, 0.25) is 0 Å². The molecular weight excluding hydrogens is 410 g/mol. The predicted molar refractivity (Wildman–Crippen MR) is 120 cm³/mol. The van der Waals surface area contributed by atoms with Gasteiger partial charge in [0.15, 0.2) is 0 Å². The van der Waals surface area contributed by atoms with E-state index in [1.165, 1.54) is 0 Å². The quantitative estimate of drug-likeness (QED) is 0.389. The molecular formula is C25H29NO6. The Hall–Kier alpha value is -3.16. The lowest BCUT2D eigenvalue weighted by Crippen LogP contribution is -2.07. The van der Waals surface area contributed by atoms with E-state index in [1.807, 2.05) is 37.3 Å². The molecule has 1 heterocycles. The van der Waals surface area contributed by atoms with Crippen molar-refractivity contribution in [3.63, 3.8) is 0 Å². The van der Waals surface area contributed by atoms with Crippen LogP contribution < -0.4 is 4.74 Å². The van der Waals surface area contributed by atoms with Gasteiger partial charge >= 0.3 is 5.97 Å². The summed E-state index contributed by atoms with van der Waals surface area (Å²) in [6, 6.07) is 13.0. The van der Waals surface area contributed by atoms with Crippen LogP contribution in [0, 0.1) is 13.8 Å². The van der Waals surface area contributed by atoms with Gasteiger partial charge in [-0.25, -0.2) is 9.78 Å². The molecule has 1 N–H and O–H groups in total. The third-order valence-corrected chi connectivity index (χ3v) is 5.11. The van der Waals surface area contributed by atoms with Crippen LogP contribution in [0.4, 0.5) is 0 Å². The maximum Gasteiger partial charge on any atom is 0.336 e. The van der Waals surface area contributed by atoms with Gasteiger partial charge in [-0.05, 0) is 56.0 Å². The number of aromatic nitrogens is 1. The summed E-state index contributed by atoms with van der Waals surface area (Å²) >= 11 is 0. The molecule has 7 heteroatoms. The minimum absolute atomic E-state index is 0.287. The molecule has 170 valence electrons. The molecule has 3 aromatic rings. The summed E-state index contributed by atoms with van der Waals surface area (Å²) < 4.78 is 22.4. The van der Waals surface area contributed by atoms with Crippen LogP contribution >= 0.6 is 0 Å². The van der Waals surface area contributed by atoms with Crippen LogP contribution in [0.25, 0.3) is 11.5 Å². The van der Waals surface area contributed by atoms with Crippen LogP contribution in [0.5, 0.6) is 5.75 Å². The van der Waals surface area contributed by atoms with Crippen LogP contribution in [0.15, 0.2) is 46.9 Å². The molecule has 1 aromatic heterocycles. The summed E-state index contributed by atoms with van der Waals surface area (Å²) in [5, 5.41) is 9.36. The van der Waals surface area contributed by atoms with E-state index < -0.39 is 5.97 Å².